The Bertz CT molecular complexity index is 425. The molecule has 2 nitrogen and oxygen atoms in total. The van der Waals surface area contributed by atoms with E-state index in [1.807, 2.05) is 12.1 Å². The number of hydrogen-bond donors (Lipinski definition) is 1. The lowest BCUT2D eigenvalue weighted by Gasteiger charge is -2.45. The van der Waals surface area contributed by atoms with Crippen molar-refractivity contribution < 1.29 is 4.39 Å². The van der Waals surface area contributed by atoms with Crippen LogP contribution in [0.2, 0.25) is 0 Å². The molecule has 21 heavy (non-hydrogen) atoms. The van der Waals surface area contributed by atoms with Crippen LogP contribution in [-0.2, 0) is 6.42 Å². The van der Waals surface area contributed by atoms with Crippen molar-refractivity contribution in [3.63, 3.8) is 0 Å². The van der Waals surface area contributed by atoms with Gasteiger partial charge >= 0.3 is 0 Å². The lowest BCUT2D eigenvalue weighted by molar-refractivity contribution is 0.0847. The second-order valence-electron chi connectivity index (χ2n) is 6.35. The van der Waals surface area contributed by atoms with Crippen LogP contribution in [0.3, 0.4) is 0 Å². The summed E-state index contributed by atoms with van der Waals surface area (Å²) in [4.78, 5) is 2.64. The van der Waals surface area contributed by atoms with E-state index >= 15 is 0 Å². The summed E-state index contributed by atoms with van der Waals surface area (Å²) in [6.07, 6.45) is 4.71. The van der Waals surface area contributed by atoms with E-state index in [2.05, 4.69) is 31.0 Å². The Labute approximate surface area is 128 Å². The first-order chi connectivity index (χ1) is 10.1. The Morgan fingerprint density at radius 1 is 1.19 bits per heavy atom. The summed E-state index contributed by atoms with van der Waals surface area (Å²) >= 11 is 0. The van der Waals surface area contributed by atoms with Crippen molar-refractivity contribution in [1.82, 2.24) is 10.2 Å². The van der Waals surface area contributed by atoms with E-state index in [1.54, 1.807) is 12.1 Å². The van der Waals surface area contributed by atoms with Gasteiger partial charge < -0.3 is 5.32 Å². The maximum atomic E-state index is 13.1. The molecule has 0 saturated carbocycles. The fourth-order valence-electron chi connectivity index (χ4n) is 3.53. The van der Waals surface area contributed by atoms with Crippen LogP contribution in [0.15, 0.2) is 24.3 Å². The molecule has 1 aromatic carbocycles. The van der Waals surface area contributed by atoms with Gasteiger partial charge in [0, 0.05) is 11.6 Å². The molecule has 1 aliphatic rings. The fraction of sp³-hybridized carbons (Fsp3) is 0.667. The molecule has 1 heterocycles. The minimum Gasteiger partial charge on any atom is -0.312 e. The van der Waals surface area contributed by atoms with Gasteiger partial charge in [-0.25, -0.2) is 4.39 Å². The third kappa shape index (κ3) is 3.83. The van der Waals surface area contributed by atoms with E-state index in [1.165, 1.54) is 31.5 Å². The van der Waals surface area contributed by atoms with E-state index in [0.717, 1.165) is 19.4 Å². The molecule has 0 bridgehead atoms. The number of hydrogen-bond acceptors (Lipinski definition) is 2. The predicted molar refractivity (Wildman–Crippen MR) is 87.1 cm³/mol. The number of likely N-dealkylation sites (tertiary alicyclic amines) is 1. The largest absolute Gasteiger partial charge is 0.312 e. The highest BCUT2D eigenvalue weighted by molar-refractivity contribution is 5.19. The van der Waals surface area contributed by atoms with Crippen molar-refractivity contribution in [3.05, 3.63) is 35.6 Å². The Kier molecular flexibility index (Phi) is 5.77. The standard InChI is InChI=1S/C18H29FN2/c1-4-18(3,21-12-6-7-13-21)17(20-5-2)14-15-8-10-16(19)11-9-15/h8-11,17,20H,4-7,12-14H2,1-3H3. The van der Waals surface area contributed by atoms with E-state index in [4.69, 9.17) is 0 Å². The van der Waals surface area contributed by atoms with Crippen LogP contribution < -0.4 is 5.32 Å². The molecule has 118 valence electrons. The number of rotatable bonds is 7. The summed E-state index contributed by atoms with van der Waals surface area (Å²) in [6.45, 7) is 10.2. The number of nitrogens with zero attached hydrogens (tertiary/aromatic N) is 1. The average Bonchev–Trinajstić information content (AvgIpc) is 3.03. The van der Waals surface area contributed by atoms with Gasteiger partial charge in [-0.15, -0.1) is 0 Å². The second-order valence-corrected chi connectivity index (χ2v) is 6.35. The van der Waals surface area contributed by atoms with Crippen molar-refractivity contribution >= 4 is 0 Å². The van der Waals surface area contributed by atoms with Crippen LogP contribution >= 0.6 is 0 Å². The number of benzene rings is 1. The SMILES string of the molecule is CCNC(Cc1ccc(F)cc1)C(C)(CC)N1CCCC1. The molecule has 1 aromatic rings. The molecular weight excluding hydrogens is 263 g/mol. The first-order valence-electron chi connectivity index (χ1n) is 8.33. The molecule has 1 fully saturated rings. The molecule has 2 atom stereocenters. The number of halogens is 1. The van der Waals surface area contributed by atoms with Crippen molar-refractivity contribution in [2.75, 3.05) is 19.6 Å². The van der Waals surface area contributed by atoms with Gasteiger partial charge in [0.15, 0.2) is 0 Å². The van der Waals surface area contributed by atoms with Crippen molar-refractivity contribution in [1.29, 1.82) is 0 Å². The third-order valence-electron chi connectivity index (χ3n) is 5.10. The number of likely N-dealkylation sites (N-methyl/N-ethyl adjacent to an activating group) is 1. The lowest BCUT2D eigenvalue weighted by Crippen LogP contribution is -2.59. The summed E-state index contributed by atoms with van der Waals surface area (Å²) in [6, 6.07) is 7.37. The fourth-order valence-corrected chi connectivity index (χ4v) is 3.53. The molecule has 0 aliphatic carbocycles. The van der Waals surface area contributed by atoms with E-state index in [-0.39, 0.29) is 11.4 Å². The van der Waals surface area contributed by atoms with Crippen molar-refractivity contribution in [2.45, 2.75) is 58.0 Å². The van der Waals surface area contributed by atoms with Crippen molar-refractivity contribution in [2.24, 2.45) is 0 Å². The van der Waals surface area contributed by atoms with Gasteiger partial charge in [-0.1, -0.05) is 26.0 Å². The summed E-state index contributed by atoms with van der Waals surface area (Å²) in [7, 11) is 0. The van der Waals surface area contributed by atoms with E-state index in [9.17, 15) is 4.39 Å². The Balaban J connectivity index is 2.17. The topological polar surface area (TPSA) is 15.3 Å². The zero-order valence-corrected chi connectivity index (χ0v) is 13.7. The van der Waals surface area contributed by atoms with Crippen LogP contribution in [0.25, 0.3) is 0 Å². The summed E-state index contributed by atoms with van der Waals surface area (Å²) < 4.78 is 13.1. The van der Waals surface area contributed by atoms with Gasteiger partial charge in [0.1, 0.15) is 5.82 Å². The predicted octanol–water partition coefficient (Wildman–Crippen LogP) is 3.61. The molecule has 3 heteroatoms. The monoisotopic (exact) mass is 292 g/mol. The molecule has 1 saturated heterocycles. The van der Waals surface area contributed by atoms with Crippen LogP contribution in [0.4, 0.5) is 4.39 Å². The molecule has 1 aliphatic heterocycles. The Morgan fingerprint density at radius 3 is 2.33 bits per heavy atom. The average molecular weight is 292 g/mol. The summed E-state index contributed by atoms with van der Waals surface area (Å²) in [5.74, 6) is -0.156. The van der Waals surface area contributed by atoms with Gasteiger partial charge in [0.2, 0.25) is 0 Å². The normalized spacial score (nSPS) is 20.4. The number of nitrogens with one attached hydrogen (secondary N) is 1. The maximum absolute atomic E-state index is 13.1. The van der Waals surface area contributed by atoms with Gasteiger partial charge in [0.25, 0.3) is 0 Å². The molecule has 2 unspecified atom stereocenters. The Hall–Kier alpha value is -0.930. The quantitative estimate of drug-likeness (QED) is 0.826. The zero-order valence-electron chi connectivity index (χ0n) is 13.7. The highest BCUT2D eigenvalue weighted by atomic mass is 19.1. The second kappa shape index (κ2) is 7.37. The third-order valence-corrected chi connectivity index (χ3v) is 5.10. The van der Waals surface area contributed by atoms with Gasteiger partial charge in [-0.3, -0.25) is 4.90 Å². The van der Waals surface area contributed by atoms with Crippen LogP contribution in [-0.4, -0.2) is 36.1 Å². The van der Waals surface area contributed by atoms with Crippen molar-refractivity contribution in [3.8, 4) is 0 Å². The van der Waals surface area contributed by atoms with Crippen LogP contribution in [0, 0.1) is 5.82 Å². The van der Waals surface area contributed by atoms with Gasteiger partial charge in [-0.2, -0.15) is 0 Å². The van der Waals surface area contributed by atoms with E-state index < -0.39 is 0 Å². The summed E-state index contributed by atoms with van der Waals surface area (Å²) in [5, 5.41) is 3.68. The first-order valence-corrected chi connectivity index (χ1v) is 8.33. The molecule has 0 amide bonds. The highest BCUT2D eigenvalue weighted by Gasteiger charge is 2.38. The molecule has 0 radical (unpaired) electrons. The molecule has 2 rings (SSSR count). The highest BCUT2D eigenvalue weighted by Crippen LogP contribution is 2.29. The molecule has 0 aromatic heterocycles. The zero-order chi connectivity index (χ0) is 15.3. The van der Waals surface area contributed by atoms with Crippen LogP contribution in [0.5, 0.6) is 0 Å². The van der Waals surface area contributed by atoms with Gasteiger partial charge in [-0.05, 0) is 69.9 Å². The lowest BCUT2D eigenvalue weighted by atomic mass is 9.83. The van der Waals surface area contributed by atoms with Crippen LogP contribution in [0.1, 0.15) is 45.6 Å². The Morgan fingerprint density at radius 2 is 1.81 bits per heavy atom. The molecule has 0 spiro atoms. The minimum atomic E-state index is -0.156. The minimum absolute atomic E-state index is 0.156. The maximum Gasteiger partial charge on any atom is 0.123 e. The van der Waals surface area contributed by atoms with Gasteiger partial charge in [0.05, 0.1) is 0 Å². The van der Waals surface area contributed by atoms with E-state index in [0.29, 0.717) is 6.04 Å². The first kappa shape index (κ1) is 16.4. The molecule has 1 N–H and O–H groups in total. The molecular formula is C18H29FN2. The smallest absolute Gasteiger partial charge is 0.123 e. The summed E-state index contributed by atoms with van der Waals surface area (Å²) in [5.41, 5.74) is 1.38.